The maximum Gasteiger partial charge on any atom is 0.295 e. The molecule has 0 amide bonds. The van der Waals surface area contributed by atoms with Crippen LogP contribution in [-0.4, -0.2) is 25.9 Å². The normalized spacial score (nSPS) is 12.7. The molecule has 0 radical (unpaired) electrons. The topological polar surface area (TPSA) is 135 Å². The molecule has 0 saturated heterocycles. The van der Waals surface area contributed by atoms with Crippen molar-refractivity contribution in [3.8, 4) is 0 Å². The predicted octanol–water partition coefficient (Wildman–Crippen LogP) is 0.915. The second-order valence-corrected chi connectivity index (χ2v) is 6.60. The molecule has 4 N–H and O–H groups in total. The minimum absolute atomic E-state index is 0.0492. The van der Waals surface area contributed by atoms with Gasteiger partial charge in [-0.05, 0) is 24.3 Å². The Morgan fingerprint density at radius 1 is 0.789 bits per heavy atom. The summed E-state index contributed by atoms with van der Waals surface area (Å²) in [4.78, 5) is -0.947. The van der Waals surface area contributed by atoms with Gasteiger partial charge in [-0.2, -0.15) is 16.8 Å². The lowest BCUT2D eigenvalue weighted by Crippen LogP contribution is -2.04. The second kappa shape index (κ2) is 4.17. The van der Waals surface area contributed by atoms with Crippen LogP contribution in [0.3, 0.4) is 0 Å². The number of anilines is 1. The first kappa shape index (κ1) is 13.7. The van der Waals surface area contributed by atoms with Crippen LogP contribution in [0, 0.1) is 0 Å². The molecule has 9 heteroatoms. The molecular formula is C10H9NO6S2. The van der Waals surface area contributed by atoms with E-state index in [0.717, 1.165) is 12.1 Å². The van der Waals surface area contributed by atoms with Crippen molar-refractivity contribution in [2.75, 3.05) is 5.73 Å². The molecule has 0 saturated carbocycles. The maximum atomic E-state index is 11.2. The first-order valence-electron chi connectivity index (χ1n) is 4.88. The van der Waals surface area contributed by atoms with Crippen LogP contribution in [0.4, 0.5) is 5.69 Å². The summed E-state index contributed by atoms with van der Waals surface area (Å²) in [6.07, 6.45) is 0. The van der Waals surface area contributed by atoms with Crippen LogP contribution in [0.25, 0.3) is 10.8 Å². The number of hydrogen-bond donors (Lipinski definition) is 3. The summed E-state index contributed by atoms with van der Waals surface area (Å²) in [5.41, 5.74) is 5.69. The standard InChI is InChI=1S/C10H9NO6S2/c11-6-1-2-7-8(5-6)10(19(15,16)17)4-3-9(7)18(12,13)14/h1-5H,11H2,(H,12,13,14)(H,15,16,17). The Hall–Kier alpha value is -1.68. The van der Waals surface area contributed by atoms with Crippen LogP contribution in [0.1, 0.15) is 0 Å². The summed E-state index contributed by atoms with van der Waals surface area (Å²) in [5, 5.41) is -0.135. The van der Waals surface area contributed by atoms with Gasteiger partial charge < -0.3 is 5.73 Å². The molecule has 102 valence electrons. The minimum atomic E-state index is -4.54. The molecule has 0 aromatic heterocycles. The molecule has 0 aliphatic carbocycles. The summed E-state index contributed by atoms with van der Waals surface area (Å²) < 4.78 is 63.0. The van der Waals surface area contributed by atoms with Gasteiger partial charge in [0.2, 0.25) is 0 Å². The highest BCUT2D eigenvalue weighted by Gasteiger charge is 2.20. The van der Waals surface area contributed by atoms with Gasteiger partial charge in [-0.3, -0.25) is 9.11 Å². The molecule has 0 unspecified atom stereocenters. The van der Waals surface area contributed by atoms with Gasteiger partial charge in [0.15, 0.2) is 0 Å². The first-order valence-corrected chi connectivity index (χ1v) is 7.76. The van der Waals surface area contributed by atoms with Gasteiger partial charge in [0, 0.05) is 16.5 Å². The SMILES string of the molecule is Nc1ccc2c(S(=O)(=O)O)ccc(S(=O)(=O)O)c2c1. The molecule has 2 aromatic carbocycles. The quantitative estimate of drug-likeness (QED) is 0.554. The van der Waals surface area contributed by atoms with E-state index in [4.69, 9.17) is 14.8 Å². The Morgan fingerprint density at radius 3 is 1.74 bits per heavy atom. The van der Waals surface area contributed by atoms with Crippen molar-refractivity contribution < 1.29 is 25.9 Å². The van der Waals surface area contributed by atoms with Gasteiger partial charge in [0.1, 0.15) is 9.79 Å². The lowest BCUT2D eigenvalue weighted by atomic mass is 10.1. The van der Waals surface area contributed by atoms with Gasteiger partial charge in [-0.15, -0.1) is 0 Å². The van der Waals surface area contributed by atoms with E-state index in [0.29, 0.717) is 0 Å². The summed E-state index contributed by atoms with van der Waals surface area (Å²) in [6, 6.07) is 5.59. The molecule has 0 atom stereocenters. The van der Waals surface area contributed by atoms with Crippen molar-refractivity contribution in [2.24, 2.45) is 0 Å². The van der Waals surface area contributed by atoms with E-state index in [1.54, 1.807) is 0 Å². The summed E-state index contributed by atoms with van der Waals surface area (Å²) in [6.45, 7) is 0. The van der Waals surface area contributed by atoms with Gasteiger partial charge in [0.25, 0.3) is 20.2 Å². The molecule has 2 aromatic rings. The van der Waals surface area contributed by atoms with E-state index in [-0.39, 0.29) is 16.5 Å². The van der Waals surface area contributed by atoms with E-state index in [1.807, 2.05) is 0 Å². The molecule has 0 spiro atoms. The smallest absolute Gasteiger partial charge is 0.295 e. The zero-order chi connectivity index (χ0) is 14.4. The van der Waals surface area contributed by atoms with Crippen LogP contribution in [0.5, 0.6) is 0 Å². The Bertz CT molecular complexity index is 870. The van der Waals surface area contributed by atoms with Crippen LogP contribution in [0.2, 0.25) is 0 Å². The van der Waals surface area contributed by atoms with Gasteiger partial charge in [-0.1, -0.05) is 6.07 Å². The van der Waals surface area contributed by atoms with Crippen molar-refractivity contribution in [2.45, 2.75) is 9.79 Å². The first-order chi connectivity index (χ1) is 8.60. The highest BCUT2D eigenvalue weighted by atomic mass is 32.2. The number of rotatable bonds is 2. The molecule has 0 aliphatic rings. The van der Waals surface area contributed by atoms with E-state index in [2.05, 4.69) is 0 Å². The molecule has 0 bridgehead atoms. The molecule has 0 fully saturated rings. The van der Waals surface area contributed by atoms with E-state index in [9.17, 15) is 16.8 Å². The van der Waals surface area contributed by atoms with Crippen LogP contribution < -0.4 is 5.73 Å². The fourth-order valence-corrected chi connectivity index (χ4v) is 3.14. The number of hydrogen-bond acceptors (Lipinski definition) is 5. The summed E-state index contributed by atoms with van der Waals surface area (Å²) >= 11 is 0. The number of fused-ring (bicyclic) bond motifs is 1. The summed E-state index contributed by atoms with van der Waals surface area (Å²) in [5.74, 6) is 0. The average Bonchev–Trinajstić information content (AvgIpc) is 2.24. The van der Waals surface area contributed by atoms with Gasteiger partial charge in [-0.25, -0.2) is 0 Å². The lowest BCUT2D eigenvalue weighted by molar-refractivity contribution is 0.480. The predicted molar refractivity (Wildman–Crippen MR) is 68.0 cm³/mol. The average molecular weight is 303 g/mol. The molecule has 2 rings (SSSR count). The third-order valence-corrected chi connectivity index (χ3v) is 4.34. The fraction of sp³-hybridized carbons (Fsp3) is 0. The highest BCUT2D eigenvalue weighted by molar-refractivity contribution is 7.86. The Morgan fingerprint density at radius 2 is 1.26 bits per heavy atom. The lowest BCUT2D eigenvalue weighted by Gasteiger charge is -2.08. The molecule has 0 heterocycles. The largest absolute Gasteiger partial charge is 0.399 e. The van der Waals surface area contributed by atoms with Crippen LogP contribution in [0.15, 0.2) is 40.1 Å². The molecular weight excluding hydrogens is 294 g/mol. The number of benzene rings is 2. The zero-order valence-corrected chi connectivity index (χ0v) is 10.9. The Balaban J connectivity index is 3.05. The van der Waals surface area contributed by atoms with Gasteiger partial charge >= 0.3 is 0 Å². The van der Waals surface area contributed by atoms with Crippen molar-refractivity contribution in [3.63, 3.8) is 0 Å². The molecule has 19 heavy (non-hydrogen) atoms. The Labute approximate surface area is 109 Å². The van der Waals surface area contributed by atoms with Crippen molar-refractivity contribution in [1.29, 1.82) is 0 Å². The number of nitrogens with two attached hydrogens (primary N) is 1. The maximum absolute atomic E-state index is 11.2. The Kier molecular flexibility index (Phi) is 3.01. The monoisotopic (exact) mass is 303 g/mol. The zero-order valence-electron chi connectivity index (χ0n) is 9.31. The molecule has 7 nitrogen and oxygen atoms in total. The second-order valence-electron chi connectivity index (χ2n) is 3.82. The highest BCUT2D eigenvalue weighted by Crippen LogP contribution is 2.30. The van der Waals surface area contributed by atoms with Crippen molar-refractivity contribution in [1.82, 2.24) is 0 Å². The van der Waals surface area contributed by atoms with E-state index >= 15 is 0 Å². The van der Waals surface area contributed by atoms with E-state index in [1.165, 1.54) is 18.2 Å². The van der Waals surface area contributed by atoms with Crippen LogP contribution in [-0.2, 0) is 20.2 Å². The van der Waals surface area contributed by atoms with Gasteiger partial charge in [0.05, 0.1) is 0 Å². The fourth-order valence-electron chi connectivity index (χ4n) is 1.76. The summed E-state index contributed by atoms with van der Waals surface area (Å²) in [7, 11) is -9.06. The van der Waals surface area contributed by atoms with Crippen molar-refractivity contribution in [3.05, 3.63) is 30.3 Å². The molecule has 0 aliphatic heterocycles. The third kappa shape index (κ3) is 2.54. The number of nitrogen functional groups attached to an aromatic ring is 1. The van der Waals surface area contributed by atoms with Crippen LogP contribution >= 0.6 is 0 Å². The van der Waals surface area contributed by atoms with E-state index < -0.39 is 30.0 Å². The minimum Gasteiger partial charge on any atom is -0.399 e. The van der Waals surface area contributed by atoms with Crippen molar-refractivity contribution >= 4 is 36.7 Å². The third-order valence-electron chi connectivity index (χ3n) is 2.52.